The van der Waals surface area contributed by atoms with E-state index in [1.807, 2.05) is 24.3 Å². The van der Waals surface area contributed by atoms with Crippen LogP contribution in [0.5, 0.6) is 0 Å². The molecule has 0 bridgehead atoms. The van der Waals surface area contributed by atoms with Gasteiger partial charge in [-0.05, 0) is 23.5 Å². The molecule has 0 saturated heterocycles. The average Bonchev–Trinajstić information content (AvgIpc) is 2.55. The quantitative estimate of drug-likeness (QED) is 0.528. The lowest BCUT2D eigenvalue weighted by molar-refractivity contribution is -0.120. The topological polar surface area (TPSA) is 79.0 Å². The van der Waals surface area contributed by atoms with Crippen LogP contribution in [0.15, 0.2) is 24.3 Å². The summed E-state index contributed by atoms with van der Waals surface area (Å²) in [5, 5.41) is 10.5. The number of amidine groups is 1. The summed E-state index contributed by atoms with van der Waals surface area (Å²) in [6.07, 6.45) is 8.21. The molecule has 0 aromatic heterocycles. The number of hydrogen-bond donors (Lipinski definition) is 3. The number of thioether (sulfide) groups is 1. The lowest BCUT2D eigenvalue weighted by Gasteiger charge is -2.21. The Morgan fingerprint density at radius 2 is 1.91 bits per heavy atom. The molecule has 2 rings (SSSR count). The molecule has 0 unspecified atom stereocenters. The van der Waals surface area contributed by atoms with Gasteiger partial charge in [-0.15, -0.1) is 0 Å². The number of benzene rings is 1. The van der Waals surface area contributed by atoms with Gasteiger partial charge in [-0.3, -0.25) is 10.2 Å². The fourth-order valence-corrected chi connectivity index (χ4v) is 3.75. The maximum atomic E-state index is 12.2. The number of nitrogens with two attached hydrogens (primary N) is 1. The highest BCUT2D eigenvalue weighted by molar-refractivity contribution is 8.13. The molecule has 5 heteroatoms. The van der Waals surface area contributed by atoms with Gasteiger partial charge in [-0.25, -0.2) is 0 Å². The average molecular weight is 334 g/mol. The van der Waals surface area contributed by atoms with Gasteiger partial charge in [0.15, 0.2) is 5.17 Å². The van der Waals surface area contributed by atoms with Crippen molar-refractivity contribution in [2.75, 3.05) is 6.54 Å². The molecule has 0 aliphatic heterocycles. The maximum Gasteiger partial charge on any atom is 0.224 e. The standard InChI is InChI=1S/C18H27N3OS/c19-18(20)23-13-16-9-5-4-8-15(16)12-17(22)21-11-10-14-6-2-1-3-7-14/h4-5,8-9,14H,1-3,6-7,10-13H2,(H3,19,20)(H,21,22). The van der Waals surface area contributed by atoms with Crippen LogP contribution >= 0.6 is 11.8 Å². The van der Waals surface area contributed by atoms with E-state index < -0.39 is 0 Å². The van der Waals surface area contributed by atoms with Crippen molar-refractivity contribution >= 4 is 22.8 Å². The van der Waals surface area contributed by atoms with E-state index in [0.29, 0.717) is 12.2 Å². The van der Waals surface area contributed by atoms with Gasteiger partial charge in [0, 0.05) is 12.3 Å². The van der Waals surface area contributed by atoms with Gasteiger partial charge in [-0.2, -0.15) is 0 Å². The number of rotatable bonds is 7. The molecule has 0 radical (unpaired) electrons. The minimum Gasteiger partial charge on any atom is -0.379 e. The van der Waals surface area contributed by atoms with Gasteiger partial charge in [0.1, 0.15) is 0 Å². The molecule has 23 heavy (non-hydrogen) atoms. The second-order valence-electron chi connectivity index (χ2n) is 6.24. The van der Waals surface area contributed by atoms with Gasteiger partial charge in [0.25, 0.3) is 0 Å². The number of amides is 1. The van der Waals surface area contributed by atoms with Gasteiger partial charge in [-0.1, -0.05) is 68.1 Å². The predicted octanol–water partition coefficient (Wildman–Crippen LogP) is 3.44. The molecule has 1 fully saturated rings. The fourth-order valence-electron chi connectivity index (χ4n) is 3.15. The Kier molecular flexibility index (Phi) is 7.46. The van der Waals surface area contributed by atoms with E-state index in [2.05, 4.69) is 5.32 Å². The van der Waals surface area contributed by atoms with Crippen LogP contribution in [0.1, 0.15) is 49.7 Å². The van der Waals surface area contributed by atoms with E-state index in [1.54, 1.807) is 0 Å². The maximum absolute atomic E-state index is 12.2. The molecule has 0 spiro atoms. The molecule has 1 saturated carbocycles. The monoisotopic (exact) mass is 333 g/mol. The molecule has 4 N–H and O–H groups in total. The number of carbonyl (C=O) groups excluding carboxylic acids is 1. The van der Waals surface area contributed by atoms with Crippen molar-refractivity contribution in [1.29, 1.82) is 5.41 Å². The van der Waals surface area contributed by atoms with Crippen LogP contribution < -0.4 is 11.1 Å². The zero-order valence-electron chi connectivity index (χ0n) is 13.6. The van der Waals surface area contributed by atoms with E-state index in [0.717, 1.165) is 30.0 Å². The summed E-state index contributed by atoms with van der Waals surface area (Å²) in [4.78, 5) is 12.2. The third kappa shape index (κ3) is 6.65. The van der Waals surface area contributed by atoms with Crippen LogP contribution in [0.3, 0.4) is 0 Å². The Morgan fingerprint density at radius 1 is 1.22 bits per heavy atom. The largest absolute Gasteiger partial charge is 0.379 e. The third-order valence-electron chi connectivity index (χ3n) is 4.45. The lowest BCUT2D eigenvalue weighted by Crippen LogP contribution is -2.28. The van der Waals surface area contributed by atoms with E-state index in [-0.39, 0.29) is 11.1 Å². The van der Waals surface area contributed by atoms with Crippen LogP contribution in [-0.2, 0) is 17.0 Å². The van der Waals surface area contributed by atoms with Crippen molar-refractivity contribution in [3.63, 3.8) is 0 Å². The molecule has 1 aromatic carbocycles. The first-order valence-corrected chi connectivity index (χ1v) is 9.44. The zero-order valence-corrected chi connectivity index (χ0v) is 14.5. The highest BCUT2D eigenvalue weighted by Crippen LogP contribution is 2.25. The Labute approximate surface area is 143 Å². The van der Waals surface area contributed by atoms with E-state index in [9.17, 15) is 4.79 Å². The predicted molar refractivity (Wildman–Crippen MR) is 97.6 cm³/mol. The summed E-state index contributed by atoms with van der Waals surface area (Å²) >= 11 is 1.29. The van der Waals surface area contributed by atoms with Gasteiger partial charge in [0.2, 0.25) is 5.91 Å². The van der Waals surface area contributed by atoms with Crippen molar-refractivity contribution in [1.82, 2.24) is 5.32 Å². The highest BCUT2D eigenvalue weighted by atomic mass is 32.2. The fraction of sp³-hybridized carbons (Fsp3) is 0.556. The second kappa shape index (κ2) is 9.60. The molecule has 1 amide bonds. The Bertz CT molecular complexity index is 527. The zero-order chi connectivity index (χ0) is 16.5. The van der Waals surface area contributed by atoms with Crippen molar-refractivity contribution in [2.45, 2.75) is 50.7 Å². The minimum atomic E-state index is 0.0843. The minimum absolute atomic E-state index is 0.0843. The first-order chi connectivity index (χ1) is 11.1. The van der Waals surface area contributed by atoms with Crippen molar-refractivity contribution in [2.24, 2.45) is 11.7 Å². The van der Waals surface area contributed by atoms with E-state index in [1.165, 1.54) is 43.9 Å². The van der Waals surface area contributed by atoms with Gasteiger partial charge < -0.3 is 11.1 Å². The summed E-state index contributed by atoms with van der Waals surface area (Å²) in [7, 11) is 0. The molecule has 4 nitrogen and oxygen atoms in total. The molecular formula is C18H27N3OS. The number of hydrogen-bond acceptors (Lipinski definition) is 3. The number of carbonyl (C=O) groups is 1. The molecule has 1 aliphatic carbocycles. The summed E-state index contributed by atoms with van der Waals surface area (Å²) in [5.41, 5.74) is 7.50. The first-order valence-electron chi connectivity index (χ1n) is 8.45. The molecule has 1 aliphatic rings. The molecular weight excluding hydrogens is 306 g/mol. The second-order valence-corrected chi connectivity index (χ2v) is 7.26. The number of nitrogens with one attached hydrogen (secondary N) is 2. The summed E-state index contributed by atoms with van der Waals surface area (Å²) in [6, 6.07) is 7.89. The lowest BCUT2D eigenvalue weighted by atomic mass is 9.87. The van der Waals surface area contributed by atoms with E-state index >= 15 is 0 Å². The van der Waals surface area contributed by atoms with E-state index in [4.69, 9.17) is 11.1 Å². The summed E-state index contributed by atoms with van der Waals surface area (Å²) < 4.78 is 0. The first kappa shape index (κ1) is 17.9. The molecule has 126 valence electrons. The summed E-state index contributed by atoms with van der Waals surface area (Å²) in [5.74, 6) is 1.52. The van der Waals surface area contributed by atoms with Crippen LogP contribution in [0, 0.1) is 11.3 Å². The third-order valence-corrected chi connectivity index (χ3v) is 5.22. The summed E-state index contributed by atoms with van der Waals surface area (Å²) in [6.45, 7) is 0.786. The Morgan fingerprint density at radius 3 is 2.61 bits per heavy atom. The van der Waals surface area contributed by atoms with Crippen LogP contribution in [0.2, 0.25) is 0 Å². The normalized spacial score (nSPS) is 15.3. The van der Waals surface area contributed by atoms with Crippen LogP contribution in [0.4, 0.5) is 0 Å². The Hall–Kier alpha value is -1.49. The SMILES string of the molecule is N=C(N)SCc1ccccc1CC(=O)NCCC1CCCCC1. The molecule has 0 heterocycles. The highest BCUT2D eigenvalue weighted by Gasteiger charge is 2.14. The van der Waals surface area contributed by atoms with Crippen molar-refractivity contribution in [3.05, 3.63) is 35.4 Å². The van der Waals surface area contributed by atoms with Crippen LogP contribution in [0.25, 0.3) is 0 Å². The van der Waals surface area contributed by atoms with Gasteiger partial charge in [0.05, 0.1) is 6.42 Å². The van der Waals surface area contributed by atoms with Crippen molar-refractivity contribution < 1.29 is 4.79 Å². The Balaban J connectivity index is 1.76. The van der Waals surface area contributed by atoms with Crippen LogP contribution in [-0.4, -0.2) is 17.6 Å². The molecule has 1 aromatic rings. The van der Waals surface area contributed by atoms with Gasteiger partial charge >= 0.3 is 0 Å². The molecule has 0 atom stereocenters. The smallest absolute Gasteiger partial charge is 0.224 e. The van der Waals surface area contributed by atoms with Crippen molar-refractivity contribution in [3.8, 4) is 0 Å².